The summed E-state index contributed by atoms with van der Waals surface area (Å²) in [6.07, 6.45) is -0.351. The number of carbonyl (C=O) groups excluding carboxylic acids is 1. The van der Waals surface area contributed by atoms with E-state index >= 15 is 0 Å². The molecule has 5 heteroatoms. The standard InChI is InChI=1S/C18H17FN2O2/c1-12(13-6-3-2-4-7-13)20-18(22)17-11-16(21-23-17)14-8-5-9-15(19)10-14/h2-10,12,17H,11H2,1H3,(H,20,22)/t12-,17+/m1/s1. The van der Waals surface area contributed by atoms with Gasteiger partial charge in [-0.1, -0.05) is 47.6 Å². The summed E-state index contributed by atoms with van der Waals surface area (Å²) in [5.74, 6) is -0.563. The van der Waals surface area contributed by atoms with E-state index in [-0.39, 0.29) is 17.8 Å². The van der Waals surface area contributed by atoms with Gasteiger partial charge in [0.1, 0.15) is 5.82 Å². The number of rotatable bonds is 4. The first-order valence-electron chi connectivity index (χ1n) is 7.47. The van der Waals surface area contributed by atoms with Gasteiger partial charge < -0.3 is 10.2 Å². The molecule has 0 bridgehead atoms. The number of nitrogens with one attached hydrogen (secondary N) is 1. The molecule has 1 N–H and O–H groups in total. The molecule has 2 atom stereocenters. The zero-order valence-electron chi connectivity index (χ0n) is 12.7. The Morgan fingerprint density at radius 2 is 2.04 bits per heavy atom. The molecule has 4 nitrogen and oxygen atoms in total. The van der Waals surface area contributed by atoms with Crippen molar-refractivity contribution in [2.24, 2.45) is 5.16 Å². The lowest BCUT2D eigenvalue weighted by Crippen LogP contribution is -2.36. The molecule has 0 fully saturated rings. The number of halogens is 1. The van der Waals surface area contributed by atoms with Crippen molar-refractivity contribution < 1.29 is 14.0 Å². The minimum absolute atomic E-state index is 0.120. The molecule has 0 aliphatic carbocycles. The van der Waals surface area contributed by atoms with Gasteiger partial charge in [-0.25, -0.2) is 4.39 Å². The molecule has 1 aliphatic heterocycles. The van der Waals surface area contributed by atoms with Crippen LogP contribution in [0.15, 0.2) is 59.8 Å². The summed E-state index contributed by atoms with van der Waals surface area (Å²) in [6.45, 7) is 1.91. The Hall–Kier alpha value is -2.69. The molecule has 0 aromatic heterocycles. The van der Waals surface area contributed by atoms with Gasteiger partial charge in [-0.05, 0) is 24.6 Å². The molecular formula is C18H17FN2O2. The molecule has 23 heavy (non-hydrogen) atoms. The van der Waals surface area contributed by atoms with Gasteiger partial charge in [-0.2, -0.15) is 0 Å². The molecule has 118 valence electrons. The van der Waals surface area contributed by atoms with E-state index in [4.69, 9.17) is 4.84 Å². The molecular weight excluding hydrogens is 295 g/mol. The molecule has 1 aliphatic rings. The normalized spacial score (nSPS) is 18.0. The lowest BCUT2D eigenvalue weighted by Gasteiger charge is -2.16. The highest BCUT2D eigenvalue weighted by molar-refractivity contribution is 6.04. The minimum atomic E-state index is -0.681. The average Bonchev–Trinajstić information content (AvgIpc) is 3.06. The van der Waals surface area contributed by atoms with E-state index in [1.165, 1.54) is 12.1 Å². The maximum atomic E-state index is 13.3. The molecule has 3 rings (SSSR count). The fraction of sp³-hybridized carbons (Fsp3) is 0.222. The Kier molecular flexibility index (Phi) is 4.37. The minimum Gasteiger partial charge on any atom is -0.382 e. The second-order valence-corrected chi connectivity index (χ2v) is 5.49. The summed E-state index contributed by atoms with van der Waals surface area (Å²) in [4.78, 5) is 17.5. The highest BCUT2D eigenvalue weighted by Gasteiger charge is 2.29. The highest BCUT2D eigenvalue weighted by Crippen LogP contribution is 2.19. The number of hydrogen-bond acceptors (Lipinski definition) is 3. The van der Waals surface area contributed by atoms with Gasteiger partial charge >= 0.3 is 0 Å². The van der Waals surface area contributed by atoms with Crippen LogP contribution in [0.4, 0.5) is 4.39 Å². The summed E-state index contributed by atoms with van der Waals surface area (Å²) in [5.41, 5.74) is 2.23. The maximum absolute atomic E-state index is 13.3. The summed E-state index contributed by atoms with van der Waals surface area (Å²) >= 11 is 0. The van der Waals surface area contributed by atoms with Crippen molar-refractivity contribution in [2.75, 3.05) is 0 Å². The van der Waals surface area contributed by atoms with E-state index in [2.05, 4.69) is 10.5 Å². The van der Waals surface area contributed by atoms with E-state index in [9.17, 15) is 9.18 Å². The van der Waals surface area contributed by atoms with Crippen LogP contribution in [0.3, 0.4) is 0 Å². The van der Waals surface area contributed by atoms with E-state index in [1.54, 1.807) is 12.1 Å². The molecule has 0 spiro atoms. The molecule has 2 aromatic rings. The molecule has 0 saturated heterocycles. The first kappa shape index (κ1) is 15.2. The van der Waals surface area contributed by atoms with Crippen LogP contribution < -0.4 is 5.32 Å². The maximum Gasteiger partial charge on any atom is 0.264 e. The smallest absolute Gasteiger partial charge is 0.264 e. The van der Waals surface area contributed by atoms with Crippen molar-refractivity contribution in [2.45, 2.75) is 25.5 Å². The predicted molar refractivity (Wildman–Crippen MR) is 85.4 cm³/mol. The zero-order valence-corrected chi connectivity index (χ0v) is 12.7. The molecule has 0 unspecified atom stereocenters. The summed E-state index contributed by atoms with van der Waals surface area (Å²) in [6, 6.07) is 15.7. The number of carbonyl (C=O) groups is 1. The van der Waals surface area contributed by atoms with Gasteiger partial charge in [-0.3, -0.25) is 4.79 Å². The van der Waals surface area contributed by atoms with Gasteiger partial charge in [0, 0.05) is 12.0 Å². The lowest BCUT2D eigenvalue weighted by atomic mass is 10.0. The lowest BCUT2D eigenvalue weighted by molar-refractivity contribution is -0.131. The Morgan fingerprint density at radius 1 is 1.26 bits per heavy atom. The van der Waals surface area contributed by atoms with Crippen molar-refractivity contribution in [3.8, 4) is 0 Å². The largest absolute Gasteiger partial charge is 0.382 e. The van der Waals surface area contributed by atoms with E-state index in [1.807, 2.05) is 37.3 Å². The molecule has 1 heterocycles. The van der Waals surface area contributed by atoms with Crippen molar-refractivity contribution >= 4 is 11.6 Å². The third-order valence-electron chi connectivity index (χ3n) is 3.78. The number of hydrogen-bond donors (Lipinski definition) is 1. The van der Waals surface area contributed by atoms with Gasteiger partial charge in [-0.15, -0.1) is 0 Å². The first-order valence-corrected chi connectivity index (χ1v) is 7.47. The van der Waals surface area contributed by atoms with E-state index < -0.39 is 6.10 Å². The summed E-state index contributed by atoms with van der Waals surface area (Å²) in [5, 5.41) is 6.83. The number of nitrogens with zero attached hydrogens (tertiary/aromatic N) is 1. The van der Waals surface area contributed by atoms with E-state index in [0.29, 0.717) is 17.7 Å². The van der Waals surface area contributed by atoms with Gasteiger partial charge in [0.2, 0.25) is 6.10 Å². The van der Waals surface area contributed by atoms with Crippen LogP contribution in [-0.2, 0) is 9.63 Å². The van der Waals surface area contributed by atoms with Gasteiger partial charge in [0.25, 0.3) is 5.91 Å². The Balaban J connectivity index is 1.60. The van der Waals surface area contributed by atoms with Crippen LogP contribution in [0.2, 0.25) is 0 Å². The number of oxime groups is 1. The Morgan fingerprint density at radius 3 is 2.78 bits per heavy atom. The molecule has 0 saturated carbocycles. The van der Waals surface area contributed by atoms with Crippen molar-refractivity contribution in [1.29, 1.82) is 0 Å². The van der Waals surface area contributed by atoms with Crippen LogP contribution >= 0.6 is 0 Å². The molecule has 0 radical (unpaired) electrons. The van der Waals surface area contributed by atoms with Crippen LogP contribution in [-0.4, -0.2) is 17.7 Å². The molecule has 2 aromatic carbocycles. The second kappa shape index (κ2) is 6.60. The predicted octanol–water partition coefficient (Wildman–Crippen LogP) is 3.20. The topological polar surface area (TPSA) is 50.7 Å². The van der Waals surface area contributed by atoms with Crippen LogP contribution in [0, 0.1) is 5.82 Å². The zero-order chi connectivity index (χ0) is 16.2. The van der Waals surface area contributed by atoms with Gasteiger partial charge in [0.05, 0.1) is 11.8 Å². The first-order chi connectivity index (χ1) is 11.1. The average molecular weight is 312 g/mol. The van der Waals surface area contributed by atoms with Crippen LogP contribution in [0.1, 0.15) is 30.5 Å². The second-order valence-electron chi connectivity index (χ2n) is 5.49. The van der Waals surface area contributed by atoms with E-state index in [0.717, 1.165) is 5.56 Å². The highest BCUT2D eigenvalue weighted by atomic mass is 19.1. The fourth-order valence-corrected chi connectivity index (χ4v) is 2.49. The van der Waals surface area contributed by atoms with Crippen LogP contribution in [0.5, 0.6) is 0 Å². The quantitative estimate of drug-likeness (QED) is 0.942. The molecule has 1 amide bonds. The van der Waals surface area contributed by atoms with Crippen molar-refractivity contribution in [3.63, 3.8) is 0 Å². The Labute approximate surface area is 134 Å². The summed E-state index contributed by atoms with van der Waals surface area (Å²) in [7, 11) is 0. The monoisotopic (exact) mass is 312 g/mol. The third-order valence-corrected chi connectivity index (χ3v) is 3.78. The third kappa shape index (κ3) is 3.56. The SMILES string of the molecule is C[C@@H](NC(=O)[C@@H]1CC(c2cccc(F)c2)=NO1)c1ccccc1. The van der Waals surface area contributed by atoms with Crippen molar-refractivity contribution in [3.05, 3.63) is 71.5 Å². The van der Waals surface area contributed by atoms with Crippen LogP contribution in [0.25, 0.3) is 0 Å². The number of benzene rings is 2. The van der Waals surface area contributed by atoms with Crippen molar-refractivity contribution in [1.82, 2.24) is 5.32 Å². The number of amides is 1. The summed E-state index contributed by atoms with van der Waals surface area (Å²) < 4.78 is 13.3. The fourth-order valence-electron chi connectivity index (χ4n) is 2.49. The Bertz CT molecular complexity index is 731. The van der Waals surface area contributed by atoms with Gasteiger partial charge in [0.15, 0.2) is 0 Å².